The molecule has 0 bridgehead atoms. The maximum Gasteiger partial charge on any atom is 0.348 e. The second-order valence-electron chi connectivity index (χ2n) is 6.48. The van der Waals surface area contributed by atoms with E-state index < -0.39 is 11.6 Å². The van der Waals surface area contributed by atoms with Crippen LogP contribution in [0, 0.1) is 20.8 Å². The van der Waals surface area contributed by atoms with Gasteiger partial charge in [-0.1, -0.05) is 5.16 Å². The number of hydrogen-bond acceptors (Lipinski definition) is 6. The van der Waals surface area contributed by atoms with E-state index >= 15 is 0 Å². The summed E-state index contributed by atoms with van der Waals surface area (Å²) in [4.78, 5) is 30.4. The Hall–Kier alpha value is -2.90. The van der Waals surface area contributed by atoms with Crippen molar-refractivity contribution in [2.45, 2.75) is 39.2 Å². The highest BCUT2D eigenvalue weighted by Crippen LogP contribution is 2.31. The van der Waals surface area contributed by atoms with Gasteiger partial charge in [0.1, 0.15) is 17.1 Å². The highest BCUT2D eigenvalue weighted by atomic mass is 16.5. The molecule has 1 fully saturated rings. The number of aryl methyl sites for hydroxylation is 3. The van der Waals surface area contributed by atoms with Gasteiger partial charge in [0.25, 0.3) is 5.91 Å². The third-order valence-corrected chi connectivity index (χ3v) is 4.76. The molecule has 8 nitrogen and oxygen atoms in total. The Labute approximate surface area is 150 Å². The molecule has 0 aromatic carbocycles. The number of likely N-dealkylation sites (tertiary alicyclic amines) is 1. The second-order valence-corrected chi connectivity index (χ2v) is 6.48. The summed E-state index contributed by atoms with van der Waals surface area (Å²) >= 11 is 0. The van der Waals surface area contributed by atoms with Crippen molar-refractivity contribution in [2.24, 2.45) is 0 Å². The van der Waals surface area contributed by atoms with Crippen molar-refractivity contribution in [1.29, 1.82) is 0 Å². The molecular formula is C18H21N3O5. The van der Waals surface area contributed by atoms with E-state index in [1.54, 1.807) is 44.0 Å². The third kappa shape index (κ3) is 3.14. The van der Waals surface area contributed by atoms with Gasteiger partial charge in [0.2, 0.25) is 5.60 Å². The topological polar surface area (TPSA) is 106 Å². The molecular weight excluding hydrogens is 338 g/mol. The van der Waals surface area contributed by atoms with Crippen LogP contribution in [0.4, 0.5) is 0 Å². The molecule has 0 atom stereocenters. The lowest BCUT2D eigenvalue weighted by atomic mass is 9.90. The molecule has 1 amide bonds. The molecule has 138 valence electrons. The molecule has 8 heteroatoms. The summed E-state index contributed by atoms with van der Waals surface area (Å²) in [5.41, 5.74) is 0.229. The Morgan fingerprint density at radius 2 is 1.92 bits per heavy atom. The molecule has 1 aliphatic heterocycles. The number of amides is 1. The van der Waals surface area contributed by atoms with Crippen LogP contribution in [0.1, 0.15) is 40.3 Å². The van der Waals surface area contributed by atoms with E-state index in [0.29, 0.717) is 28.5 Å². The van der Waals surface area contributed by atoms with Crippen molar-refractivity contribution in [3.05, 3.63) is 41.0 Å². The van der Waals surface area contributed by atoms with Gasteiger partial charge in [-0.3, -0.25) is 9.78 Å². The Morgan fingerprint density at radius 1 is 1.23 bits per heavy atom. The normalized spacial score (nSPS) is 16.3. The smallest absolute Gasteiger partial charge is 0.348 e. The first-order chi connectivity index (χ1) is 12.3. The van der Waals surface area contributed by atoms with Crippen LogP contribution in [-0.2, 0) is 4.79 Å². The fourth-order valence-electron chi connectivity index (χ4n) is 3.16. The number of aliphatic carboxylic acids is 1. The lowest BCUT2D eigenvalue weighted by Gasteiger charge is -2.39. The van der Waals surface area contributed by atoms with Crippen molar-refractivity contribution < 1.29 is 24.0 Å². The Bertz CT molecular complexity index is 818. The number of rotatable bonds is 4. The van der Waals surface area contributed by atoms with Crippen LogP contribution in [0.3, 0.4) is 0 Å². The first-order valence-corrected chi connectivity index (χ1v) is 8.40. The van der Waals surface area contributed by atoms with Gasteiger partial charge in [-0.25, -0.2) is 4.79 Å². The maximum atomic E-state index is 12.7. The summed E-state index contributed by atoms with van der Waals surface area (Å²) in [6, 6.07) is 3.41. The minimum absolute atomic E-state index is 0.186. The molecule has 0 aliphatic carbocycles. The molecule has 2 aromatic rings. The molecule has 0 unspecified atom stereocenters. The Morgan fingerprint density at radius 3 is 2.46 bits per heavy atom. The quantitative estimate of drug-likeness (QED) is 0.891. The molecule has 1 aliphatic rings. The van der Waals surface area contributed by atoms with Gasteiger partial charge >= 0.3 is 5.97 Å². The fraction of sp³-hybridized carbons (Fsp3) is 0.444. The minimum atomic E-state index is -1.37. The van der Waals surface area contributed by atoms with E-state index in [9.17, 15) is 14.7 Å². The summed E-state index contributed by atoms with van der Waals surface area (Å²) in [6.07, 6.45) is 2.00. The number of pyridine rings is 1. The molecule has 0 spiro atoms. The zero-order valence-electron chi connectivity index (χ0n) is 15.0. The van der Waals surface area contributed by atoms with E-state index in [1.165, 1.54) is 0 Å². The zero-order valence-corrected chi connectivity index (χ0v) is 15.0. The number of hydrogen-bond donors (Lipinski definition) is 1. The fourth-order valence-corrected chi connectivity index (χ4v) is 3.16. The third-order valence-electron chi connectivity index (χ3n) is 4.76. The van der Waals surface area contributed by atoms with Crippen molar-refractivity contribution in [3.8, 4) is 5.75 Å². The van der Waals surface area contributed by atoms with Gasteiger partial charge in [-0.2, -0.15) is 0 Å². The average molecular weight is 359 g/mol. The first-order valence-electron chi connectivity index (χ1n) is 8.40. The summed E-state index contributed by atoms with van der Waals surface area (Å²) in [7, 11) is 0. The van der Waals surface area contributed by atoms with Crippen molar-refractivity contribution in [2.75, 3.05) is 13.1 Å². The number of carboxylic acids is 1. The summed E-state index contributed by atoms with van der Waals surface area (Å²) in [5, 5.41) is 13.6. The van der Waals surface area contributed by atoms with Gasteiger partial charge < -0.3 is 19.3 Å². The second kappa shape index (κ2) is 6.78. The molecule has 0 radical (unpaired) electrons. The van der Waals surface area contributed by atoms with Crippen molar-refractivity contribution >= 4 is 11.9 Å². The molecule has 26 heavy (non-hydrogen) atoms. The highest BCUT2D eigenvalue weighted by Gasteiger charge is 2.45. The van der Waals surface area contributed by atoms with Gasteiger partial charge in [0.05, 0.1) is 11.4 Å². The van der Waals surface area contributed by atoms with E-state index in [4.69, 9.17) is 9.26 Å². The van der Waals surface area contributed by atoms with Crippen LogP contribution in [-0.4, -0.2) is 50.7 Å². The van der Waals surface area contributed by atoms with E-state index in [0.717, 1.165) is 0 Å². The molecule has 3 rings (SSSR count). The molecule has 1 saturated heterocycles. The first kappa shape index (κ1) is 17.9. The molecule has 1 N–H and O–H groups in total. The monoisotopic (exact) mass is 359 g/mol. The van der Waals surface area contributed by atoms with E-state index in [-0.39, 0.29) is 31.8 Å². The van der Waals surface area contributed by atoms with Crippen molar-refractivity contribution in [1.82, 2.24) is 15.0 Å². The molecule has 0 saturated carbocycles. The number of piperidine rings is 1. The van der Waals surface area contributed by atoms with Gasteiger partial charge in [-0.15, -0.1) is 0 Å². The number of carbonyl (C=O) groups excluding carboxylic acids is 1. The van der Waals surface area contributed by atoms with Gasteiger partial charge in [0, 0.05) is 32.1 Å². The van der Waals surface area contributed by atoms with Crippen LogP contribution < -0.4 is 4.74 Å². The van der Waals surface area contributed by atoms with Crippen LogP contribution in [0.5, 0.6) is 5.75 Å². The standard InChI is InChI=1S/C18H21N3O5/c1-11-14(5-4-8-19-11)25-18(17(23)24)6-9-21(10-7-18)16(22)15-12(2)20-26-13(15)3/h4-5,8H,6-7,9-10H2,1-3H3,(H,23,24). The number of carboxylic acid groups (broad SMARTS) is 1. The SMILES string of the molecule is Cc1ncccc1OC1(C(=O)O)CCN(C(=O)c2c(C)noc2C)CC1. The van der Waals surface area contributed by atoms with Gasteiger partial charge in [-0.05, 0) is 32.9 Å². The highest BCUT2D eigenvalue weighted by molar-refractivity contribution is 5.96. The van der Waals surface area contributed by atoms with Crippen molar-refractivity contribution in [3.63, 3.8) is 0 Å². The molecule has 2 aromatic heterocycles. The minimum Gasteiger partial charge on any atom is -0.478 e. The summed E-state index contributed by atoms with van der Waals surface area (Å²) in [5.74, 6) is -0.326. The van der Waals surface area contributed by atoms with Crippen LogP contribution in [0.25, 0.3) is 0 Å². The largest absolute Gasteiger partial charge is 0.478 e. The predicted molar refractivity (Wildman–Crippen MR) is 91.1 cm³/mol. The lowest BCUT2D eigenvalue weighted by Crippen LogP contribution is -2.54. The Kier molecular flexibility index (Phi) is 4.67. The average Bonchev–Trinajstić information content (AvgIpc) is 2.95. The number of carbonyl (C=O) groups is 2. The van der Waals surface area contributed by atoms with E-state index in [1.807, 2.05) is 0 Å². The number of ether oxygens (including phenoxy) is 1. The number of nitrogens with zero attached hydrogens (tertiary/aromatic N) is 3. The van der Waals surface area contributed by atoms with Crippen LogP contribution >= 0.6 is 0 Å². The van der Waals surface area contributed by atoms with Gasteiger partial charge in [0.15, 0.2) is 0 Å². The molecule has 3 heterocycles. The maximum absolute atomic E-state index is 12.7. The predicted octanol–water partition coefficient (Wildman–Crippen LogP) is 2.13. The Balaban J connectivity index is 1.77. The number of aromatic nitrogens is 2. The van der Waals surface area contributed by atoms with E-state index in [2.05, 4.69) is 10.1 Å². The van der Waals surface area contributed by atoms with Crippen LogP contribution in [0.2, 0.25) is 0 Å². The zero-order chi connectivity index (χ0) is 18.9. The summed E-state index contributed by atoms with van der Waals surface area (Å²) < 4.78 is 10.9. The lowest BCUT2D eigenvalue weighted by molar-refractivity contribution is -0.159. The van der Waals surface area contributed by atoms with Crippen LogP contribution in [0.15, 0.2) is 22.9 Å². The summed E-state index contributed by atoms with van der Waals surface area (Å²) in [6.45, 7) is 5.71.